The minimum atomic E-state index is -0.223. The second-order valence-corrected chi connectivity index (χ2v) is 5.82. The molecular weight excluding hydrogens is 250 g/mol. The molecule has 0 amide bonds. The van der Waals surface area contributed by atoms with E-state index in [-0.39, 0.29) is 5.97 Å². The Labute approximate surface area is 122 Å². The minimum absolute atomic E-state index is 0.223. The Kier molecular flexibility index (Phi) is 7.13. The number of ether oxygens (including phenoxy) is 1. The van der Waals surface area contributed by atoms with Crippen LogP contribution in [0.3, 0.4) is 0 Å². The summed E-state index contributed by atoms with van der Waals surface area (Å²) in [4.78, 5) is 13.8. The van der Waals surface area contributed by atoms with Gasteiger partial charge in [-0.1, -0.05) is 33.1 Å². The van der Waals surface area contributed by atoms with Gasteiger partial charge in [-0.2, -0.15) is 0 Å². The molecule has 0 bridgehead atoms. The van der Waals surface area contributed by atoms with Crippen LogP contribution >= 0.6 is 0 Å². The van der Waals surface area contributed by atoms with Crippen molar-refractivity contribution < 1.29 is 9.53 Å². The number of benzene rings is 1. The Hall–Kier alpha value is -1.51. The maximum absolute atomic E-state index is 11.8. The van der Waals surface area contributed by atoms with Gasteiger partial charge in [-0.05, 0) is 36.6 Å². The van der Waals surface area contributed by atoms with Gasteiger partial charge in [-0.3, -0.25) is 0 Å². The molecule has 1 aromatic carbocycles. The molecule has 20 heavy (non-hydrogen) atoms. The van der Waals surface area contributed by atoms with Gasteiger partial charge in [0.15, 0.2) is 0 Å². The Morgan fingerprint density at radius 3 is 2.30 bits per heavy atom. The number of carbonyl (C=O) groups is 1. The summed E-state index contributed by atoms with van der Waals surface area (Å²) in [5, 5.41) is 0. The third-order valence-electron chi connectivity index (χ3n) is 3.28. The quantitative estimate of drug-likeness (QED) is 0.528. The van der Waals surface area contributed by atoms with Crippen LogP contribution in [0.5, 0.6) is 0 Å². The van der Waals surface area contributed by atoms with E-state index in [9.17, 15) is 4.79 Å². The van der Waals surface area contributed by atoms with Crippen molar-refractivity contribution in [1.82, 2.24) is 0 Å². The van der Waals surface area contributed by atoms with Crippen molar-refractivity contribution in [2.24, 2.45) is 5.92 Å². The second-order valence-electron chi connectivity index (χ2n) is 5.82. The lowest BCUT2D eigenvalue weighted by atomic mass is 10.1. The summed E-state index contributed by atoms with van der Waals surface area (Å²) in [5.41, 5.74) is 1.70. The van der Waals surface area contributed by atoms with Crippen LogP contribution in [0.25, 0.3) is 0 Å². The number of esters is 1. The van der Waals surface area contributed by atoms with Gasteiger partial charge in [-0.15, -0.1) is 0 Å². The maximum Gasteiger partial charge on any atom is 0.338 e. The van der Waals surface area contributed by atoms with Crippen LogP contribution < -0.4 is 4.90 Å². The van der Waals surface area contributed by atoms with Crippen LogP contribution in [0, 0.1) is 5.92 Å². The van der Waals surface area contributed by atoms with Crippen molar-refractivity contribution in [2.75, 3.05) is 25.6 Å². The zero-order chi connectivity index (χ0) is 15.0. The van der Waals surface area contributed by atoms with E-state index in [1.807, 2.05) is 43.3 Å². The van der Waals surface area contributed by atoms with E-state index in [0.717, 1.165) is 24.4 Å². The molecule has 1 rings (SSSR count). The number of hydrogen-bond acceptors (Lipinski definition) is 3. The third kappa shape index (κ3) is 6.09. The molecule has 0 saturated heterocycles. The van der Waals surface area contributed by atoms with Crippen LogP contribution in [0.4, 0.5) is 5.69 Å². The Morgan fingerprint density at radius 2 is 1.75 bits per heavy atom. The van der Waals surface area contributed by atoms with Gasteiger partial charge < -0.3 is 9.64 Å². The van der Waals surface area contributed by atoms with Gasteiger partial charge in [0.05, 0.1) is 12.2 Å². The molecule has 3 nitrogen and oxygen atoms in total. The Balaban J connectivity index is 2.25. The number of unbranched alkanes of at least 4 members (excludes halogenated alkanes) is 2. The van der Waals surface area contributed by atoms with Gasteiger partial charge in [-0.25, -0.2) is 4.79 Å². The van der Waals surface area contributed by atoms with Crippen LogP contribution in [0.1, 0.15) is 49.9 Å². The summed E-state index contributed by atoms with van der Waals surface area (Å²) in [6, 6.07) is 7.49. The fraction of sp³-hybridized carbons (Fsp3) is 0.588. The van der Waals surface area contributed by atoms with E-state index in [1.165, 1.54) is 12.8 Å². The SMILES string of the molecule is CC(C)CCCCCOC(=O)c1ccc(N(C)C)cc1. The first-order chi connectivity index (χ1) is 9.50. The summed E-state index contributed by atoms with van der Waals surface area (Å²) in [5.74, 6) is 0.534. The largest absolute Gasteiger partial charge is 0.462 e. The highest BCUT2D eigenvalue weighted by Crippen LogP contribution is 2.13. The predicted octanol–water partition coefficient (Wildman–Crippen LogP) is 4.13. The highest BCUT2D eigenvalue weighted by Gasteiger charge is 2.07. The molecule has 0 heterocycles. The summed E-state index contributed by atoms with van der Waals surface area (Å²) in [7, 11) is 3.95. The molecule has 0 atom stereocenters. The molecule has 1 aromatic rings. The zero-order valence-corrected chi connectivity index (χ0v) is 13.2. The summed E-state index contributed by atoms with van der Waals surface area (Å²) in [6.07, 6.45) is 4.55. The lowest BCUT2D eigenvalue weighted by Crippen LogP contribution is -2.10. The summed E-state index contributed by atoms with van der Waals surface area (Å²) < 4.78 is 5.28. The summed E-state index contributed by atoms with van der Waals surface area (Å²) in [6.45, 7) is 4.99. The van der Waals surface area contributed by atoms with E-state index in [4.69, 9.17) is 4.74 Å². The molecule has 0 aliphatic heterocycles. The van der Waals surface area contributed by atoms with Gasteiger partial charge >= 0.3 is 5.97 Å². The predicted molar refractivity (Wildman–Crippen MR) is 84.4 cm³/mol. The van der Waals surface area contributed by atoms with Crippen molar-refractivity contribution in [1.29, 1.82) is 0 Å². The average molecular weight is 277 g/mol. The fourth-order valence-electron chi connectivity index (χ4n) is 1.98. The van der Waals surface area contributed by atoms with E-state index in [1.54, 1.807) is 0 Å². The monoisotopic (exact) mass is 277 g/mol. The minimum Gasteiger partial charge on any atom is -0.462 e. The maximum atomic E-state index is 11.8. The first-order valence-electron chi connectivity index (χ1n) is 7.45. The van der Waals surface area contributed by atoms with E-state index in [2.05, 4.69) is 13.8 Å². The lowest BCUT2D eigenvalue weighted by molar-refractivity contribution is 0.0497. The fourth-order valence-corrected chi connectivity index (χ4v) is 1.98. The number of hydrogen-bond donors (Lipinski definition) is 0. The molecule has 0 radical (unpaired) electrons. The normalized spacial score (nSPS) is 10.7. The van der Waals surface area contributed by atoms with Crippen LogP contribution in [0.15, 0.2) is 24.3 Å². The highest BCUT2D eigenvalue weighted by atomic mass is 16.5. The van der Waals surface area contributed by atoms with Crippen molar-refractivity contribution >= 4 is 11.7 Å². The van der Waals surface area contributed by atoms with E-state index < -0.39 is 0 Å². The number of anilines is 1. The van der Waals surface area contributed by atoms with E-state index >= 15 is 0 Å². The first-order valence-corrected chi connectivity index (χ1v) is 7.45. The Bertz CT molecular complexity index is 396. The topological polar surface area (TPSA) is 29.5 Å². The number of carbonyl (C=O) groups excluding carboxylic acids is 1. The third-order valence-corrected chi connectivity index (χ3v) is 3.28. The van der Waals surface area contributed by atoms with Gasteiger partial charge in [0.25, 0.3) is 0 Å². The second kappa shape index (κ2) is 8.62. The van der Waals surface area contributed by atoms with E-state index in [0.29, 0.717) is 12.2 Å². The van der Waals surface area contributed by atoms with Crippen molar-refractivity contribution in [2.45, 2.75) is 39.5 Å². The molecular formula is C17H27NO2. The molecule has 112 valence electrons. The van der Waals surface area contributed by atoms with Crippen molar-refractivity contribution in [3.05, 3.63) is 29.8 Å². The van der Waals surface area contributed by atoms with Crippen molar-refractivity contribution in [3.8, 4) is 0 Å². The van der Waals surface area contributed by atoms with Crippen LogP contribution in [-0.4, -0.2) is 26.7 Å². The van der Waals surface area contributed by atoms with Gasteiger partial charge in [0.2, 0.25) is 0 Å². The molecule has 3 heteroatoms. The molecule has 0 spiro atoms. The molecule has 0 N–H and O–H groups in total. The zero-order valence-electron chi connectivity index (χ0n) is 13.2. The number of nitrogens with zero attached hydrogens (tertiary/aromatic N) is 1. The highest BCUT2D eigenvalue weighted by molar-refractivity contribution is 5.89. The van der Waals surface area contributed by atoms with Crippen LogP contribution in [-0.2, 0) is 4.74 Å². The van der Waals surface area contributed by atoms with Crippen molar-refractivity contribution in [3.63, 3.8) is 0 Å². The smallest absolute Gasteiger partial charge is 0.338 e. The molecule has 0 fully saturated rings. The standard InChI is InChI=1S/C17H27NO2/c1-14(2)8-6-5-7-13-20-17(19)15-9-11-16(12-10-15)18(3)4/h9-12,14H,5-8,13H2,1-4H3. The molecule has 0 aliphatic carbocycles. The Morgan fingerprint density at radius 1 is 1.10 bits per heavy atom. The number of rotatable bonds is 8. The van der Waals surface area contributed by atoms with Gasteiger partial charge in [0.1, 0.15) is 0 Å². The van der Waals surface area contributed by atoms with Gasteiger partial charge in [0, 0.05) is 19.8 Å². The molecule has 0 aliphatic rings. The lowest BCUT2D eigenvalue weighted by Gasteiger charge is -2.12. The average Bonchev–Trinajstić information content (AvgIpc) is 2.42. The summed E-state index contributed by atoms with van der Waals surface area (Å²) >= 11 is 0. The van der Waals surface area contributed by atoms with Crippen LogP contribution in [0.2, 0.25) is 0 Å². The molecule has 0 saturated carbocycles. The molecule has 0 unspecified atom stereocenters. The molecule has 0 aromatic heterocycles. The first kappa shape index (κ1) is 16.5.